The van der Waals surface area contributed by atoms with E-state index in [4.69, 9.17) is 18.9 Å². The van der Waals surface area contributed by atoms with E-state index in [2.05, 4.69) is 215 Å². The molecule has 4 fully saturated rings. The van der Waals surface area contributed by atoms with Crippen LogP contribution in [0.25, 0.3) is 11.1 Å². The van der Waals surface area contributed by atoms with Crippen LogP contribution in [0.5, 0.6) is 23.0 Å². The minimum Gasteiger partial charge on any atom is -0.490 e. The van der Waals surface area contributed by atoms with Gasteiger partial charge in [-0.2, -0.15) is 0 Å². The fraction of sp³-hybridized carbons (Fsp3) is 0.333. The molecule has 404 valence electrons. The van der Waals surface area contributed by atoms with Gasteiger partial charge in [0.2, 0.25) is 0 Å². The molecule has 0 N–H and O–H groups in total. The maximum atomic E-state index is 6.52. The van der Waals surface area contributed by atoms with Crippen LogP contribution >= 0.6 is 0 Å². The molecule has 8 aromatic rings. The molecular formula is C72H77N3O4. The molecule has 79 heavy (non-hydrogen) atoms. The lowest BCUT2D eigenvalue weighted by molar-refractivity contribution is 0.155. The summed E-state index contributed by atoms with van der Waals surface area (Å²) in [4.78, 5) is 7.04. The van der Waals surface area contributed by atoms with Crippen LogP contribution in [0.3, 0.4) is 0 Å². The Morgan fingerprint density at radius 2 is 0.392 bits per heavy atom. The van der Waals surface area contributed by atoms with Crippen molar-refractivity contribution in [3.05, 3.63) is 200 Å². The maximum absolute atomic E-state index is 6.52. The van der Waals surface area contributed by atoms with Crippen molar-refractivity contribution in [3.63, 3.8) is 0 Å². The molecule has 4 aliphatic rings. The van der Waals surface area contributed by atoms with E-state index >= 15 is 0 Å². The normalized spacial score (nSPS) is 16.7. The average Bonchev–Trinajstić information content (AvgIpc) is 3.53. The first-order chi connectivity index (χ1) is 39.1. The third-order valence-electron chi connectivity index (χ3n) is 16.8. The van der Waals surface area contributed by atoms with Gasteiger partial charge in [0.15, 0.2) is 0 Å². The second-order valence-corrected chi connectivity index (χ2v) is 22.4. The molecule has 4 saturated carbocycles. The molecule has 0 saturated heterocycles. The lowest BCUT2D eigenvalue weighted by atomic mass is 9.98. The summed E-state index contributed by atoms with van der Waals surface area (Å²) < 4.78 is 26.1. The van der Waals surface area contributed by atoms with Crippen molar-refractivity contribution < 1.29 is 18.9 Å². The number of hydrogen-bond donors (Lipinski definition) is 0. The van der Waals surface area contributed by atoms with E-state index in [1.54, 1.807) is 0 Å². The van der Waals surface area contributed by atoms with Gasteiger partial charge >= 0.3 is 0 Å². The Kier molecular flexibility index (Phi) is 16.8. The maximum Gasteiger partial charge on any atom is 0.119 e. The predicted molar refractivity (Wildman–Crippen MR) is 326 cm³/mol. The highest BCUT2D eigenvalue weighted by Crippen LogP contribution is 2.43. The lowest BCUT2D eigenvalue weighted by Crippen LogP contribution is -2.19. The number of hydrogen-bond acceptors (Lipinski definition) is 7. The van der Waals surface area contributed by atoms with E-state index in [0.29, 0.717) is 24.4 Å². The molecule has 0 heterocycles. The van der Waals surface area contributed by atoms with Gasteiger partial charge in [-0.3, -0.25) is 0 Å². The summed E-state index contributed by atoms with van der Waals surface area (Å²) in [6.45, 7) is 0. The summed E-state index contributed by atoms with van der Waals surface area (Å²) in [5.74, 6) is 3.72. The molecular weight excluding hydrogens is 971 g/mol. The fourth-order valence-corrected chi connectivity index (χ4v) is 12.5. The van der Waals surface area contributed by atoms with Crippen molar-refractivity contribution in [1.29, 1.82) is 0 Å². The highest BCUT2D eigenvalue weighted by atomic mass is 16.5. The summed E-state index contributed by atoms with van der Waals surface area (Å²) >= 11 is 0. The molecule has 0 amide bonds. The number of rotatable bonds is 18. The smallest absolute Gasteiger partial charge is 0.119 e. The van der Waals surface area contributed by atoms with Gasteiger partial charge in [-0.05, 0) is 272 Å². The molecule has 0 spiro atoms. The van der Waals surface area contributed by atoms with Gasteiger partial charge in [0, 0.05) is 51.2 Å². The van der Waals surface area contributed by atoms with Gasteiger partial charge in [0.05, 0.1) is 24.4 Å². The molecule has 4 aliphatic carbocycles. The Labute approximate surface area is 469 Å². The molecule has 8 aromatic carbocycles. The monoisotopic (exact) mass is 1050 g/mol. The zero-order valence-corrected chi connectivity index (χ0v) is 46.0. The number of anilines is 9. The van der Waals surface area contributed by atoms with Gasteiger partial charge in [-0.15, -0.1) is 0 Å². The van der Waals surface area contributed by atoms with Gasteiger partial charge in [-0.25, -0.2) is 0 Å². The van der Waals surface area contributed by atoms with Gasteiger partial charge in [0.25, 0.3) is 0 Å². The molecule has 0 aliphatic heterocycles. The Morgan fingerprint density at radius 3 is 0.620 bits per heavy atom. The number of nitrogens with zero attached hydrogens (tertiary/aromatic N) is 3. The van der Waals surface area contributed by atoms with Gasteiger partial charge < -0.3 is 33.6 Å². The number of ether oxygens (including phenoxy) is 4. The first-order valence-corrected chi connectivity index (χ1v) is 29.9. The molecule has 0 atom stereocenters. The standard InChI is InChI=1S/C72H77N3O4/c1-6-16-54(17-7-1)55-26-28-56(29-27-55)73(57-30-34-59(35-31-57)74(61-38-46-69(47-39-61)76-65-18-8-2-9-19-65)62-40-48-70(49-41-62)77-66-20-10-3-11-21-66)58-32-36-60(37-33-58)75(63-42-50-71(51-43-63)78-67-22-12-4-13-23-67)64-44-52-72(53-45-64)79-68-24-14-5-15-25-68/h1,6-7,16-17,26-53,65-68H,2-5,8-15,18-25H2. The molecule has 0 radical (unpaired) electrons. The van der Waals surface area contributed by atoms with Crippen LogP contribution in [0, 0.1) is 0 Å². The minimum atomic E-state index is 0.291. The third kappa shape index (κ3) is 13.1. The topological polar surface area (TPSA) is 46.6 Å². The summed E-state index contributed by atoms with van der Waals surface area (Å²) in [5.41, 5.74) is 11.9. The quantitative estimate of drug-likeness (QED) is 0.0848. The van der Waals surface area contributed by atoms with Crippen LogP contribution in [-0.2, 0) is 0 Å². The molecule has 7 heteroatoms. The Hall–Kier alpha value is -7.64. The van der Waals surface area contributed by atoms with Crippen LogP contribution in [0.4, 0.5) is 51.2 Å². The minimum absolute atomic E-state index is 0.291. The summed E-state index contributed by atoms with van der Waals surface area (Å²) in [5, 5.41) is 0. The summed E-state index contributed by atoms with van der Waals surface area (Å²) in [6.07, 6.45) is 25.3. The SMILES string of the molecule is c1ccc(-c2ccc(N(c3ccc(N(c4ccc(OC5CCCCC5)cc4)c4ccc(OC5CCCCC5)cc4)cc3)c3ccc(N(c4ccc(OC5CCCCC5)cc4)c4ccc(OC5CCCCC5)cc4)cc3)cc2)cc1. The largest absolute Gasteiger partial charge is 0.490 e. The Morgan fingerprint density at radius 1 is 0.203 bits per heavy atom. The van der Waals surface area contributed by atoms with E-state index in [-0.39, 0.29) is 0 Å². The molecule has 0 aromatic heterocycles. The Balaban J connectivity index is 0.872. The van der Waals surface area contributed by atoms with Gasteiger partial charge in [0.1, 0.15) is 23.0 Å². The van der Waals surface area contributed by atoms with E-state index < -0.39 is 0 Å². The van der Waals surface area contributed by atoms with Crippen molar-refractivity contribution in [2.75, 3.05) is 14.7 Å². The van der Waals surface area contributed by atoms with Crippen LogP contribution in [-0.4, -0.2) is 24.4 Å². The van der Waals surface area contributed by atoms with E-state index in [1.807, 2.05) is 0 Å². The van der Waals surface area contributed by atoms with Crippen LogP contribution in [0.15, 0.2) is 200 Å². The highest BCUT2D eigenvalue weighted by Gasteiger charge is 2.23. The second kappa shape index (κ2) is 25.4. The lowest BCUT2D eigenvalue weighted by Gasteiger charge is -2.30. The zero-order valence-electron chi connectivity index (χ0n) is 46.0. The van der Waals surface area contributed by atoms with E-state index in [9.17, 15) is 0 Å². The van der Waals surface area contributed by atoms with E-state index in [0.717, 1.165) is 126 Å². The van der Waals surface area contributed by atoms with Crippen LogP contribution < -0.4 is 33.6 Å². The highest BCUT2D eigenvalue weighted by molar-refractivity contribution is 5.84. The fourth-order valence-electron chi connectivity index (χ4n) is 12.5. The zero-order chi connectivity index (χ0) is 53.0. The Bertz CT molecular complexity index is 2800. The van der Waals surface area contributed by atoms with Crippen molar-refractivity contribution >= 4 is 51.2 Å². The van der Waals surface area contributed by atoms with Crippen molar-refractivity contribution in [2.45, 2.75) is 153 Å². The first kappa shape index (κ1) is 52.1. The van der Waals surface area contributed by atoms with Crippen molar-refractivity contribution in [3.8, 4) is 34.1 Å². The third-order valence-corrected chi connectivity index (χ3v) is 16.8. The predicted octanol–water partition coefficient (Wildman–Crippen LogP) is 20.6. The molecule has 0 bridgehead atoms. The van der Waals surface area contributed by atoms with Crippen LogP contribution in [0.1, 0.15) is 128 Å². The molecule has 7 nitrogen and oxygen atoms in total. The second-order valence-electron chi connectivity index (χ2n) is 22.4. The molecule has 12 rings (SSSR count). The summed E-state index contributed by atoms with van der Waals surface area (Å²) in [7, 11) is 0. The summed E-state index contributed by atoms with van der Waals surface area (Å²) in [6, 6.07) is 72.3. The van der Waals surface area contributed by atoms with E-state index in [1.165, 1.54) is 88.2 Å². The van der Waals surface area contributed by atoms with Gasteiger partial charge in [-0.1, -0.05) is 68.1 Å². The van der Waals surface area contributed by atoms with Crippen LogP contribution in [0.2, 0.25) is 0 Å². The number of benzene rings is 8. The van der Waals surface area contributed by atoms with Crippen molar-refractivity contribution in [2.24, 2.45) is 0 Å². The van der Waals surface area contributed by atoms with Crippen molar-refractivity contribution in [1.82, 2.24) is 0 Å². The first-order valence-electron chi connectivity index (χ1n) is 29.9. The molecule has 0 unspecified atom stereocenters. The average molecular weight is 1050 g/mol.